The molecule has 11 heteroatoms. The smallest absolute Gasteiger partial charge is 0.293 e. The second kappa shape index (κ2) is 10.4. The van der Waals surface area contributed by atoms with Crippen LogP contribution in [-0.2, 0) is 6.42 Å². The minimum Gasteiger partial charge on any atom is -0.384 e. The van der Waals surface area contributed by atoms with E-state index in [1.54, 1.807) is 52.5 Å². The molecule has 0 radical (unpaired) electrons. The number of nitrogens with zero attached hydrogens (tertiary/aromatic N) is 7. The van der Waals surface area contributed by atoms with Gasteiger partial charge in [-0.15, -0.1) is 4.68 Å². The third-order valence-electron chi connectivity index (χ3n) is 6.41. The van der Waals surface area contributed by atoms with Gasteiger partial charge in [-0.3, -0.25) is 9.67 Å². The summed E-state index contributed by atoms with van der Waals surface area (Å²) in [5.74, 6) is -0.515. The van der Waals surface area contributed by atoms with E-state index in [9.17, 15) is 4.39 Å². The molecule has 0 spiro atoms. The van der Waals surface area contributed by atoms with E-state index in [1.165, 1.54) is 0 Å². The Kier molecular flexibility index (Phi) is 6.52. The fourth-order valence-electron chi connectivity index (χ4n) is 4.49. The first-order valence-electron chi connectivity index (χ1n) is 12.1. The van der Waals surface area contributed by atoms with Crippen molar-refractivity contribution in [3.8, 4) is 27.9 Å². The van der Waals surface area contributed by atoms with Crippen LogP contribution in [0.25, 0.3) is 27.9 Å². The van der Waals surface area contributed by atoms with Crippen molar-refractivity contribution in [3.63, 3.8) is 0 Å². The topological polar surface area (TPSA) is 115 Å². The van der Waals surface area contributed by atoms with Gasteiger partial charge in [0.05, 0.1) is 17.9 Å². The Bertz CT molecular complexity index is 1720. The minimum atomic E-state index is -0.640. The van der Waals surface area contributed by atoms with Crippen LogP contribution in [0.5, 0.6) is 0 Å². The van der Waals surface area contributed by atoms with Crippen molar-refractivity contribution < 1.29 is 9.07 Å². The average molecular weight is 539 g/mol. The van der Waals surface area contributed by atoms with E-state index in [-0.39, 0.29) is 11.9 Å². The molecular weight excluding hydrogens is 517 g/mol. The summed E-state index contributed by atoms with van der Waals surface area (Å²) in [6.45, 7) is 0. The number of aromatic amines is 1. The average Bonchev–Trinajstić information content (AvgIpc) is 3.66. The Morgan fingerprint density at radius 3 is 2.59 bits per heavy atom. The zero-order chi connectivity index (χ0) is 26.8. The number of hydrogen-bond acceptors (Lipinski definition) is 6. The van der Waals surface area contributed by atoms with Crippen LogP contribution in [0.4, 0.5) is 10.2 Å². The van der Waals surface area contributed by atoms with E-state index in [1.807, 2.05) is 42.5 Å². The molecule has 0 bridgehead atoms. The molecule has 0 aliphatic carbocycles. The minimum absolute atomic E-state index is 0.125. The van der Waals surface area contributed by atoms with E-state index < -0.39 is 5.95 Å². The van der Waals surface area contributed by atoms with Gasteiger partial charge >= 0.3 is 0 Å². The van der Waals surface area contributed by atoms with Crippen molar-refractivity contribution >= 4 is 17.4 Å². The number of nitrogen functional groups attached to an aromatic ring is 1. The number of nitrogens with one attached hydrogen (secondary N) is 1. The molecule has 0 aliphatic rings. The monoisotopic (exact) mass is 538 g/mol. The predicted octanol–water partition coefficient (Wildman–Crippen LogP) is 4.61. The number of nitrogens with two attached hydrogens (primary N) is 1. The van der Waals surface area contributed by atoms with Gasteiger partial charge in [-0.05, 0) is 42.0 Å². The Labute approximate surface area is 227 Å². The maximum Gasteiger partial charge on any atom is 0.293 e. The van der Waals surface area contributed by atoms with Gasteiger partial charge < -0.3 is 5.73 Å². The van der Waals surface area contributed by atoms with Gasteiger partial charge in [0.2, 0.25) is 5.95 Å². The number of benzene rings is 2. The van der Waals surface area contributed by atoms with Crippen molar-refractivity contribution in [3.05, 3.63) is 120 Å². The first kappa shape index (κ1) is 24.4. The highest BCUT2D eigenvalue weighted by atomic mass is 35.5. The van der Waals surface area contributed by atoms with Crippen molar-refractivity contribution in [2.45, 2.75) is 12.5 Å². The molecule has 0 saturated heterocycles. The van der Waals surface area contributed by atoms with Gasteiger partial charge in [-0.2, -0.15) is 9.49 Å². The Hall–Kier alpha value is -4.96. The summed E-state index contributed by atoms with van der Waals surface area (Å²) in [5, 5.41) is 15.7. The van der Waals surface area contributed by atoms with Gasteiger partial charge in [0.15, 0.2) is 5.21 Å². The fraction of sp³-hybridized carbons (Fsp3) is 0.0714. The lowest BCUT2D eigenvalue weighted by molar-refractivity contribution is -0.659. The molecule has 6 aromatic rings. The summed E-state index contributed by atoms with van der Waals surface area (Å²) in [5.41, 5.74) is 11.0. The highest BCUT2D eigenvalue weighted by molar-refractivity contribution is 6.31. The molecule has 9 nitrogen and oxygen atoms in total. The molecule has 0 fully saturated rings. The SMILES string of the molecule is Nc1ccc(-c2cnn(C(Cc3ccccc3)c3ccc(-c4cc(Cl)ccc4-[n+]4cnn[nH]4)cn3)c2)c(F)n1. The van der Waals surface area contributed by atoms with Crippen molar-refractivity contribution in [2.24, 2.45) is 0 Å². The van der Waals surface area contributed by atoms with E-state index in [0.717, 1.165) is 28.1 Å². The second-order valence-electron chi connectivity index (χ2n) is 8.92. The van der Waals surface area contributed by atoms with E-state index in [4.69, 9.17) is 22.3 Å². The third-order valence-corrected chi connectivity index (χ3v) is 6.64. The number of aromatic nitrogens is 8. The standard InChI is InChI=1S/C28H21ClFN9/c29-21-7-10-25(39-17-33-36-37-39)23(13-21)19-6-9-24(32-14-19)26(12-18-4-2-1-3-5-18)38-16-20(15-34-38)22-8-11-27(31)35-28(22)30/h1-11,13-17,26H,12H2,(H2,31,35)/p+1. The van der Waals surface area contributed by atoms with Crippen LogP contribution < -0.4 is 10.4 Å². The van der Waals surface area contributed by atoms with Crippen LogP contribution in [0.3, 0.4) is 0 Å². The zero-order valence-electron chi connectivity index (χ0n) is 20.5. The quantitative estimate of drug-likeness (QED) is 0.226. The summed E-state index contributed by atoms with van der Waals surface area (Å²) in [6, 6.07) is 22.5. The second-order valence-corrected chi connectivity index (χ2v) is 9.36. The summed E-state index contributed by atoms with van der Waals surface area (Å²) in [4.78, 5) is 8.57. The molecule has 1 unspecified atom stereocenters. The number of rotatable bonds is 7. The van der Waals surface area contributed by atoms with Gasteiger partial charge in [0, 0.05) is 46.1 Å². The molecule has 4 heterocycles. The highest BCUT2D eigenvalue weighted by Crippen LogP contribution is 2.30. The summed E-state index contributed by atoms with van der Waals surface area (Å²) >= 11 is 6.33. The number of halogens is 2. The highest BCUT2D eigenvalue weighted by Gasteiger charge is 2.20. The lowest BCUT2D eigenvalue weighted by atomic mass is 10.0. The van der Waals surface area contributed by atoms with Crippen molar-refractivity contribution in [1.29, 1.82) is 0 Å². The van der Waals surface area contributed by atoms with Gasteiger partial charge in [0.25, 0.3) is 6.33 Å². The summed E-state index contributed by atoms with van der Waals surface area (Å²) in [6.07, 6.45) is 7.45. The van der Waals surface area contributed by atoms with Crippen molar-refractivity contribution in [2.75, 3.05) is 5.73 Å². The van der Waals surface area contributed by atoms with E-state index >= 15 is 0 Å². The number of pyridine rings is 2. The molecule has 2 aromatic carbocycles. The third kappa shape index (κ3) is 5.10. The van der Waals surface area contributed by atoms with Crippen molar-refractivity contribution in [1.82, 2.24) is 35.3 Å². The van der Waals surface area contributed by atoms with Gasteiger partial charge in [0.1, 0.15) is 16.6 Å². The lowest BCUT2D eigenvalue weighted by Gasteiger charge is -2.18. The number of anilines is 1. The van der Waals surface area contributed by atoms with Gasteiger partial charge in [-0.1, -0.05) is 53.2 Å². The summed E-state index contributed by atoms with van der Waals surface area (Å²) in [7, 11) is 0. The van der Waals surface area contributed by atoms with Gasteiger partial charge in [-0.25, -0.2) is 4.98 Å². The maximum absolute atomic E-state index is 14.5. The largest absolute Gasteiger partial charge is 0.384 e. The summed E-state index contributed by atoms with van der Waals surface area (Å²) < 4.78 is 18.0. The number of hydrogen-bond donors (Lipinski definition) is 2. The number of H-pyrrole nitrogens is 1. The van der Waals surface area contributed by atoms with Crippen LogP contribution in [0, 0.1) is 5.95 Å². The number of tetrazole rings is 1. The molecule has 4 aromatic heterocycles. The Morgan fingerprint density at radius 2 is 1.85 bits per heavy atom. The molecule has 0 amide bonds. The lowest BCUT2D eigenvalue weighted by Crippen LogP contribution is -2.32. The van der Waals surface area contributed by atoms with Crippen LogP contribution in [0.2, 0.25) is 5.02 Å². The zero-order valence-corrected chi connectivity index (χ0v) is 21.2. The first-order valence-corrected chi connectivity index (χ1v) is 12.5. The molecule has 0 saturated carbocycles. The van der Waals surface area contributed by atoms with Crippen LogP contribution in [-0.4, -0.2) is 35.3 Å². The van der Waals surface area contributed by atoms with E-state index in [0.29, 0.717) is 22.6 Å². The van der Waals surface area contributed by atoms with Crippen LogP contribution in [0.1, 0.15) is 17.3 Å². The van der Waals surface area contributed by atoms with Crippen LogP contribution in [0.15, 0.2) is 97.7 Å². The molecule has 39 heavy (non-hydrogen) atoms. The molecule has 192 valence electrons. The molecule has 6 rings (SSSR count). The Morgan fingerprint density at radius 1 is 0.974 bits per heavy atom. The maximum atomic E-state index is 14.5. The molecule has 1 atom stereocenters. The fourth-order valence-corrected chi connectivity index (χ4v) is 4.66. The van der Waals surface area contributed by atoms with Crippen LogP contribution >= 0.6 is 11.6 Å². The molecule has 0 aliphatic heterocycles. The predicted molar refractivity (Wildman–Crippen MR) is 144 cm³/mol. The normalized spacial score (nSPS) is 11.9. The molecule has 3 N–H and O–H groups in total. The Balaban J connectivity index is 1.38. The first-order chi connectivity index (χ1) is 19.0. The van der Waals surface area contributed by atoms with E-state index in [2.05, 4.69) is 37.7 Å². The molecular formula is C28H22ClFN9+.